The fourth-order valence-corrected chi connectivity index (χ4v) is 3.76. The molecule has 0 atom stereocenters. The Kier molecular flexibility index (Phi) is 3.16. The zero-order valence-corrected chi connectivity index (χ0v) is 15.0. The van der Waals surface area contributed by atoms with Gasteiger partial charge in [-0.25, -0.2) is 9.97 Å². The van der Waals surface area contributed by atoms with Crippen LogP contribution in [-0.4, -0.2) is 31.1 Å². The lowest BCUT2D eigenvalue weighted by atomic mass is 10.1. The average Bonchev–Trinajstić information content (AvgIpc) is 3.46. The predicted molar refractivity (Wildman–Crippen MR) is 110 cm³/mol. The van der Waals surface area contributed by atoms with Crippen molar-refractivity contribution < 1.29 is 0 Å². The minimum atomic E-state index is 0.727. The first kappa shape index (κ1) is 15.2. The van der Waals surface area contributed by atoms with Crippen LogP contribution in [0.4, 0.5) is 17.2 Å². The number of rotatable bonds is 3. The van der Waals surface area contributed by atoms with Gasteiger partial charge in [0, 0.05) is 47.5 Å². The number of benzene rings is 2. The van der Waals surface area contributed by atoms with E-state index in [1.165, 1.54) is 11.3 Å². The first-order valence-corrected chi connectivity index (χ1v) is 9.24. The Balaban J connectivity index is 1.45. The fourth-order valence-electron chi connectivity index (χ4n) is 3.76. The largest absolute Gasteiger partial charge is 0.384 e. The van der Waals surface area contributed by atoms with Gasteiger partial charge in [0.1, 0.15) is 0 Å². The topological polar surface area (TPSA) is 82.9 Å². The molecule has 3 aromatic heterocycles. The minimum Gasteiger partial charge on any atom is -0.384 e. The van der Waals surface area contributed by atoms with Gasteiger partial charge < -0.3 is 15.0 Å². The van der Waals surface area contributed by atoms with Gasteiger partial charge in [0.2, 0.25) is 0 Å². The van der Waals surface area contributed by atoms with Crippen molar-refractivity contribution in [3.8, 4) is 11.3 Å². The first-order chi connectivity index (χ1) is 13.8. The van der Waals surface area contributed by atoms with Crippen molar-refractivity contribution in [1.82, 2.24) is 24.6 Å². The Labute approximate surface area is 160 Å². The zero-order chi connectivity index (χ0) is 18.5. The molecular weight excluding hydrogens is 350 g/mol. The number of nitrogens with zero attached hydrogens (tertiary/aromatic N) is 4. The number of imidazole rings is 1. The SMILES string of the molecule is c1cn2cc(-c3ccc4cn[nH]c4c3)nc(Nc3ccc4c(c3)NCC4)c2n1. The number of aromatic nitrogens is 5. The third-order valence-electron chi connectivity index (χ3n) is 5.19. The van der Waals surface area contributed by atoms with Gasteiger partial charge in [-0.05, 0) is 30.2 Å². The third-order valence-corrected chi connectivity index (χ3v) is 5.19. The van der Waals surface area contributed by atoms with Gasteiger partial charge >= 0.3 is 0 Å². The Morgan fingerprint density at radius 2 is 2.11 bits per heavy atom. The molecule has 28 heavy (non-hydrogen) atoms. The highest BCUT2D eigenvalue weighted by Crippen LogP contribution is 2.30. The second kappa shape index (κ2) is 5.82. The average molecular weight is 367 g/mol. The van der Waals surface area contributed by atoms with Gasteiger partial charge in [-0.15, -0.1) is 0 Å². The van der Waals surface area contributed by atoms with Crippen molar-refractivity contribution in [2.24, 2.45) is 0 Å². The molecule has 0 aliphatic carbocycles. The van der Waals surface area contributed by atoms with E-state index < -0.39 is 0 Å². The second-order valence-corrected chi connectivity index (χ2v) is 6.98. The van der Waals surface area contributed by atoms with E-state index in [4.69, 9.17) is 4.98 Å². The molecule has 136 valence electrons. The summed E-state index contributed by atoms with van der Waals surface area (Å²) in [4.78, 5) is 9.34. The zero-order valence-electron chi connectivity index (χ0n) is 15.0. The van der Waals surface area contributed by atoms with Crippen molar-refractivity contribution in [1.29, 1.82) is 0 Å². The van der Waals surface area contributed by atoms with Crippen LogP contribution in [0.2, 0.25) is 0 Å². The lowest BCUT2D eigenvalue weighted by molar-refractivity contribution is 1.11. The predicted octanol–water partition coefficient (Wildman–Crippen LogP) is 3.98. The number of fused-ring (bicyclic) bond motifs is 3. The Morgan fingerprint density at radius 1 is 1.11 bits per heavy atom. The second-order valence-electron chi connectivity index (χ2n) is 6.98. The molecule has 0 saturated carbocycles. The summed E-state index contributed by atoms with van der Waals surface area (Å²) < 4.78 is 1.99. The number of anilines is 3. The molecule has 5 aromatic rings. The summed E-state index contributed by atoms with van der Waals surface area (Å²) in [7, 11) is 0. The summed E-state index contributed by atoms with van der Waals surface area (Å²) in [5, 5.41) is 15.1. The summed E-state index contributed by atoms with van der Waals surface area (Å²) in [5.41, 5.74) is 7.20. The van der Waals surface area contributed by atoms with Gasteiger partial charge in [0.05, 0.1) is 17.4 Å². The molecule has 0 amide bonds. The van der Waals surface area contributed by atoms with Crippen molar-refractivity contribution in [2.75, 3.05) is 17.2 Å². The molecule has 0 bridgehead atoms. The molecule has 0 spiro atoms. The van der Waals surface area contributed by atoms with Crippen LogP contribution < -0.4 is 10.6 Å². The molecule has 3 N–H and O–H groups in total. The maximum Gasteiger partial charge on any atom is 0.180 e. The number of nitrogens with one attached hydrogen (secondary N) is 3. The van der Waals surface area contributed by atoms with Crippen LogP contribution in [0, 0.1) is 0 Å². The Morgan fingerprint density at radius 3 is 3.11 bits per heavy atom. The van der Waals surface area contributed by atoms with Crippen LogP contribution in [0.1, 0.15) is 5.56 Å². The molecule has 0 radical (unpaired) electrons. The molecule has 0 unspecified atom stereocenters. The highest BCUT2D eigenvalue weighted by atomic mass is 15.1. The summed E-state index contributed by atoms with van der Waals surface area (Å²) >= 11 is 0. The van der Waals surface area contributed by atoms with Crippen molar-refractivity contribution in [2.45, 2.75) is 6.42 Å². The van der Waals surface area contributed by atoms with Gasteiger partial charge in [0.25, 0.3) is 0 Å². The monoisotopic (exact) mass is 367 g/mol. The van der Waals surface area contributed by atoms with Crippen LogP contribution in [-0.2, 0) is 6.42 Å². The van der Waals surface area contributed by atoms with Gasteiger partial charge in [-0.3, -0.25) is 5.10 Å². The van der Waals surface area contributed by atoms with Crippen LogP contribution in [0.15, 0.2) is 61.2 Å². The Hall–Kier alpha value is -3.87. The van der Waals surface area contributed by atoms with Crippen molar-refractivity contribution in [3.05, 3.63) is 66.7 Å². The van der Waals surface area contributed by atoms with E-state index >= 15 is 0 Å². The molecule has 7 nitrogen and oxygen atoms in total. The third kappa shape index (κ3) is 2.40. The molecule has 2 aromatic carbocycles. The van der Waals surface area contributed by atoms with E-state index in [1.54, 1.807) is 6.20 Å². The molecule has 4 heterocycles. The van der Waals surface area contributed by atoms with Crippen LogP contribution in [0.25, 0.3) is 27.8 Å². The Bertz CT molecular complexity index is 1330. The van der Waals surface area contributed by atoms with E-state index in [1.807, 2.05) is 29.1 Å². The summed E-state index contributed by atoms with van der Waals surface area (Å²) in [6, 6.07) is 12.6. The first-order valence-electron chi connectivity index (χ1n) is 9.24. The molecule has 0 saturated heterocycles. The van der Waals surface area contributed by atoms with E-state index in [2.05, 4.69) is 56.1 Å². The van der Waals surface area contributed by atoms with E-state index in [0.29, 0.717) is 0 Å². The lowest BCUT2D eigenvalue weighted by Crippen LogP contribution is -2.01. The van der Waals surface area contributed by atoms with E-state index in [-0.39, 0.29) is 0 Å². The standard InChI is InChI=1S/C21H17N7/c1-2-15-11-24-27-18(15)9-14(1)19-12-28-8-7-23-21(28)20(26-19)25-16-4-3-13-5-6-22-17(13)10-16/h1-4,7-12,22H,5-6H2,(H,24,27)(H,25,26). The van der Waals surface area contributed by atoms with Gasteiger partial charge in [0.15, 0.2) is 11.5 Å². The van der Waals surface area contributed by atoms with E-state index in [9.17, 15) is 0 Å². The summed E-state index contributed by atoms with van der Waals surface area (Å²) in [5.74, 6) is 0.727. The molecule has 1 aliphatic rings. The molecule has 1 aliphatic heterocycles. The number of hydrogen-bond acceptors (Lipinski definition) is 5. The van der Waals surface area contributed by atoms with Crippen molar-refractivity contribution in [3.63, 3.8) is 0 Å². The summed E-state index contributed by atoms with van der Waals surface area (Å²) in [6.45, 7) is 0.993. The molecule has 6 rings (SSSR count). The maximum absolute atomic E-state index is 4.87. The van der Waals surface area contributed by atoms with E-state index in [0.717, 1.165) is 52.3 Å². The van der Waals surface area contributed by atoms with Crippen LogP contribution >= 0.6 is 0 Å². The quantitative estimate of drug-likeness (QED) is 0.449. The highest BCUT2D eigenvalue weighted by Gasteiger charge is 2.13. The van der Waals surface area contributed by atoms with Crippen molar-refractivity contribution >= 4 is 33.7 Å². The molecular formula is C21H17N7. The summed E-state index contributed by atoms with van der Waals surface area (Å²) in [6.07, 6.45) is 8.61. The minimum absolute atomic E-state index is 0.727. The van der Waals surface area contributed by atoms with Crippen LogP contribution in [0.3, 0.4) is 0 Å². The smallest absolute Gasteiger partial charge is 0.180 e. The molecule has 0 fully saturated rings. The van der Waals surface area contributed by atoms with Gasteiger partial charge in [-0.1, -0.05) is 18.2 Å². The normalized spacial score (nSPS) is 13.0. The lowest BCUT2D eigenvalue weighted by Gasteiger charge is -2.11. The number of H-pyrrole nitrogens is 1. The molecule has 7 heteroatoms. The maximum atomic E-state index is 4.87. The number of aromatic amines is 1. The van der Waals surface area contributed by atoms with Crippen LogP contribution in [0.5, 0.6) is 0 Å². The highest BCUT2D eigenvalue weighted by molar-refractivity contribution is 5.84. The van der Waals surface area contributed by atoms with Gasteiger partial charge in [-0.2, -0.15) is 5.10 Å². The number of hydrogen-bond donors (Lipinski definition) is 3. The fraction of sp³-hybridized carbons (Fsp3) is 0.0952.